The number of carbonyl (C=O) groups is 1. The molecule has 4 rings (SSSR count). The van der Waals surface area contributed by atoms with Crippen molar-refractivity contribution in [3.05, 3.63) is 35.9 Å². The van der Waals surface area contributed by atoms with Crippen molar-refractivity contribution in [3.63, 3.8) is 0 Å². The lowest BCUT2D eigenvalue weighted by Gasteiger charge is -2.43. The van der Waals surface area contributed by atoms with Gasteiger partial charge in [0.05, 0.1) is 21.3 Å². The summed E-state index contributed by atoms with van der Waals surface area (Å²) in [7, 11) is 6.48. The lowest BCUT2D eigenvalue weighted by Crippen LogP contribution is -2.52. The fraction of sp³-hybridized carbons (Fsp3) is 0.524. The number of amides is 1. The van der Waals surface area contributed by atoms with Crippen molar-refractivity contribution in [3.8, 4) is 17.2 Å². The molecule has 2 bridgehead atoms. The van der Waals surface area contributed by atoms with Gasteiger partial charge in [-0.25, -0.2) is 4.98 Å². The van der Waals surface area contributed by atoms with Gasteiger partial charge in [-0.1, -0.05) is 0 Å². The molecular weight excluding hydrogens is 374 g/mol. The van der Waals surface area contributed by atoms with Gasteiger partial charge < -0.3 is 28.8 Å². The van der Waals surface area contributed by atoms with E-state index in [1.54, 1.807) is 18.3 Å². The SMILES string of the molecule is COc1cc(C(=O)N2C3CCC2CC(O)(c2nccn2C)C3)cc(OC)c1OC. The van der Waals surface area contributed by atoms with E-state index in [-0.39, 0.29) is 18.0 Å². The Labute approximate surface area is 170 Å². The number of rotatable bonds is 5. The number of hydrogen-bond donors (Lipinski definition) is 1. The van der Waals surface area contributed by atoms with Crippen LogP contribution >= 0.6 is 0 Å². The quantitative estimate of drug-likeness (QED) is 0.826. The molecule has 2 aromatic rings. The molecule has 2 saturated heterocycles. The smallest absolute Gasteiger partial charge is 0.254 e. The number of nitrogens with zero attached hydrogens (tertiary/aromatic N) is 3. The number of fused-ring (bicyclic) bond motifs is 2. The van der Waals surface area contributed by atoms with E-state index in [1.165, 1.54) is 21.3 Å². The van der Waals surface area contributed by atoms with E-state index in [0.717, 1.165) is 12.8 Å². The van der Waals surface area contributed by atoms with Gasteiger partial charge in [-0.2, -0.15) is 0 Å². The second kappa shape index (κ2) is 7.26. The van der Waals surface area contributed by atoms with Crippen molar-refractivity contribution in [2.75, 3.05) is 21.3 Å². The van der Waals surface area contributed by atoms with Gasteiger partial charge >= 0.3 is 0 Å². The number of aliphatic hydroxyl groups is 1. The molecule has 2 unspecified atom stereocenters. The molecule has 1 N–H and O–H groups in total. The molecule has 8 heteroatoms. The van der Waals surface area contributed by atoms with Crippen LogP contribution in [0.3, 0.4) is 0 Å². The fourth-order valence-electron chi connectivity index (χ4n) is 4.91. The molecule has 3 heterocycles. The number of carbonyl (C=O) groups excluding carboxylic acids is 1. The maximum Gasteiger partial charge on any atom is 0.254 e. The van der Waals surface area contributed by atoms with Crippen LogP contribution in [0.25, 0.3) is 0 Å². The molecule has 0 spiro atoms. The van der Waals surface area contributed by atoms with Crippen LogP contribution in [-0.2, 0) is 12.6 Å². The predicted molar refractivity (Wildman–Crippen MR) is 105 cm³/mol. The molecule has 156 valence electrons. The first kappa shape index (κ1) is 19.6. The average molecular weight is 401 g/mol. The summed E-state index contributed by atoms with van der Waals surface area (Å²) in [6.07, 6.45) is 6.22. The summed E-state index contributed by atoms with van der Waals surface area (Å²) in [6.45, 7) is 0. The van der Waals surface area contributed by atoms with Gasteiger partial charge in [0, 0.05) is 49.9 Å². The molecule has 2 fully saturated rings. The number of imidazole rings is 1. The molecular formula is C21H27N3O5. The minimum absolute atomic E-state index is 0.0398. The van der Waals surface area contributed by atoms with E-state index in [4.69, 9.17) is 14.2 Å². The van der Waals surface area contributed by atoms with Crippen LogP contribution in [-0.4, -0.2) is 58.9 Å². The zero-order valence-corrected chi connectivity index (χ0v) is 17.2. The summed E-state index contributed by atoms with van der Waals surface area (Å²) in [4.78, 5) is 19.7. The molecule has 8 nitrogen and oxygen atoms in total. The van der Waals surface area contributed by atoms with Crippen molar-refractivity contribution >= 4 is 5.91 Å². The van der Waals surface area contributed by atoms with Crippen LogP contribution in [0, 0.1) is 0 Å². The topological polar surface area (TPSA) is 86.1 Å². The van der Waals surface area contributed by atoms with Crippen LogP contribution in [0.15, 0.2) is 24.5 Å². The Morgan fingerprint density at radius 3 is 2.14 bits per heavy atom. The third-order valence-corrected chi connectivity index (χ3v) is 6.15. The van der Waals surface area contributed by atoms with E-state index in [1.807, 2.05) is 22.7 Å². The largest absolute Gasteiger partial charge is 0.493 e. The summed E-state index contributed by atoms with van der Waals surface area (Å²) >= 11 is 0. The summed E-state index contributed by atoms with van der Waals surface area (Å²) < 4.78 is 18.0. The molecule has 1 aromatic heterocycles. The Hall–Kier alpha value is -2.74. The first-order valence-electron chi connectivity index (χ1n) is 9.74. The third-order valence-electron chi connectivity index (χ3n) is 6.15. The Balaban J connectivity index is 1.64. The molecule has 2 atom stereocenters. The molecule has 0 radical (unpaired) electrons. The zero-order valence-electron chi connectivity index (χ0n) is 17.2. The number of aryl methyl sites for hydroxylation is 1. The summed E-state index contributed by atoms with van der Waals surface area (Å²) in [5.41, 5.74) is -0.533. The minimum Gasteiger partial charge on any atom is -0.493 e. The number of aromatic nitrogens is 2. The molecule has 0 aliphatic carbocycles. The highest BCUT2D eigenvalue weighted by Gasteiger charge is 2.51. The lowest BCUT2D eigenvalue weighted by atomic mass is 9.85. The van der Waals surface area contributed by atoms with E-state index >= 15 is 0 Å². The highest BCUT2D eigenvalue weighted by Crippen LogP contribution is 2.46. The normalized spacial score (nSPS) is 25.8. The van der Waals surface area contributed by atoms with Crippen LogP contribution in [0.2, 0.25) is 0 Å². The van der Waals surface area contributed by atoms with E-state index in [2.05, 4.69) is 4.98 Å². The maximum absolute atomic E-state index is 13.4. The van der Waals surface area contributed by atoms with Gasteiger partial charge in [-0.05, 0) is 25.0 Å². The fourth-order valence-corrected chi connectivity index (χ4v) is 4.91. The van der Waals surface area contributed by atoms with Crippen LogP contribution < -0.4 is 14.2 Å². The second-order valence-electron chi connectivity index (χ2n) is 7.81. The number of benzene rings is 1. The molecule has 2 aliphatic rings. The van der Waals surface area contributed by atoms with Gasteiger partial charge in [0.1, 0.15) is 11.4 Å². The summed E-state index contributed by atoms with van der Waals surface area (Å²) in [5, 5.41) is 11.3. The van der Waals surface area contributed by atoms with Crippen LogP contribution in [0.4, 0.5) is 0 Å². The van der Waals surface area contributed by atoms with E-state index in [0.29, 0.717) is 41.5 Å². The number of piperidine rings is 1. The van der Waals surface area contributed by atoms with Gasteiger partial charge in [-0.3, -0.25) is 4.79 Å². The molecule has 1 aromatic carbocycles. The molecule has 2 aliphatic heterocycles. The first-order chi connectivity index (χ1) is 13.9. The zero-order chi connectivity index (χ0) is 20.8. The van der Waals surface area contributed by atoms with Crippen LogP contribution in [0.5, 0.6) is 17.2 Å². The number of hydrogen-bond acceptors (Lipinski definition) is 6. The van der Waals surface area contributed by atoms with Gasteiger partial charge in [0.2, 0.25) is 5.75 Å². The van der Waals surface area contributed by atoms with Gasteiger partial charge in [-0.15, -0.1) is 0 Å². The Morgan fingerprint density at radius 1 is 1.10 bits per heavy atom. The Kier molecular flexibility index (Phi) is 4.90. The van der Waals surface area contributed by atoms with Gasteiger partial charge in [0.25, 0.3) is 5.91 Å². The van der Waals surface area contributed by atoms with Crippen molar-refractivity contribution in [2.45, 2.75) is 43.4 Å². The van der Waals surface area contributed by atoms with Crippen molar-refractivity contribution in [2.24, 2.45) is 7.05 Å². The minimum atomic E-state index is -1.02. The highest BCUT2D eigenvalue weighted by atomic mass is 16.5. The van der Waals surface area contributed by atoms with E-state index in [9.17, 15) is 9.90 Å². The average Bonchev–Trinajstić information content (AvgIpc) is 3.28. The van der Waals surface area contributed by atoms with Gasteiger partial charge in [0.15, 0.2) is 11.5 Å². The van der Waals surface area contributed by atoms with Crippen LogP contribution in [0.1, 0.15) is 41.9 Å². The molecule has 0 saturated carbocycles. The van der Waals surface area contributed by atoms with Crippen molar-refractivity contribution < 1.29 is 24.1 Å². The Morgan fingerprint density at radius 2 is 1.69 bits per heavy atom. The number of ether oxygens (including phenoxy) is 3. The van der Waals surface area contributed by atoms with E-state index < -0.39 is 5.60 Å². The summed E-state index contributed by atoms with van der Waals surface area (Å²) in [5.74, 6) is 1.93. The number of methoxy groups -OCH3 is 3. The summed E-state index contributed by atoms with van der Waals surface area (Å²) in [6, 6.07) is 3.29. The van der Waals surface area contributed by atoms with Crippen molar-refractivity contribution in [1.29, 1.82) is 0 Å². The third kappa shape index (κ3) is 3.11. The monoisotopic (exact) mass is 401 g/mol. The first-order valence-corrected chi connectivity index (χ1v) is 9.74. The molecule has 1 amide bonds. The molecule has 29 heavy (non-hydrogen) atoms. The Bertz CT molecular complexity index is 886. The predicted octanol–water partition coefficient (Wildman–Crippen LogP) is 2.10. The van der Waals surface area contributed by atoms with Crippen molar-refractivity contribution in [1.82, 2.24) is 14.5 Å². The second-order valence-corrected chi connectivity index (χ2v) is 7.81. The maximum atomic E-state index is 13.4. The standard InChI is InChI=1S/C21H27N3O5/c1-23-8-7-22-20(23)21(26)11-14-5-6-15(12-21)24(14)19(25)13-9-16(27-2)18(29-4)17(10-13)28-3/h7-10,14-15,26H,5-6,11-12H2,1-4H3. The highest BCUT2D eigenvalue weighted by molar-refractivity contribution is 5.96. The lowest BCUT2D eigenvalue weighted by molar-refractivity contribution is -0.0555.